The molecular formula is C17H17F3N6O3. The molecule has 0 radical (unpaired) electrons. The van der Waals surface area contributed by atoms with E-state index in [-0.39, 0.29) is 18.4 Å². The number of likely N-dealkylation sites (N-methyl/N-ethyl adjacent to an activating group) is 1. The van der Waals surface area contributed by atoms with Crippen molar-refractivity contribution in [3.8, 4) is 5.82 Å². The molecule has 1 amide bonds. The van der Waals surface area contributed by atoms with Crippen molar-refractivity contribution in [2.45, 2.75) is 12.2 Å². The molecule has 0 aliphatic rings. The number of amides is 1. The predicted octanol–water partition coefficient (Wildman–Crippen LogP) is 1.60. The van der Waals surface area contributed by atoms with E-state index < -0.39 is 28.9 Å². The first-order valence-corrected chi connectivity index (χ1v) is 8.38. The summed E-state index contributed by atoms with van der Waals surface area (Å²) in [6.07, 6.45) is -2.61. The van der Waals surface area contributed by atoms with Gasteiger partial charge in [-0.25, -0.2) is 9.78 Å². The molecule has 3 heterocycles. The van der Waals surface area contributed by atoms with Crippen LogP contribution in [0.4, 0.5) is 13.2 Å². The van der Waals surface area contributed by atoms with Crippen molar-refractivity contribution in [2.24, 2.45) is 0 Å². The monoisotopic (exact) mass is 410 g/mol. The topological polar surface area (TPSA) is 109 Å². The van der Waals surface area contributed by atoms with Crippen LogP contribution < -0.4 is 10.9 Å². The summed E-state index contributed by atoms with van der Waals surface area (Å²) in [5.74, 6) is -0.677. The fourth-order valence-electron chi connectivity index (χ4n) is 2.72. The Kier molecular flexibility index (Phi) is 5.55. The van der Waals surface area contributed by atoms with Crippen molar-refractivity contribution in [2.75, 3.05) is 20.6 Å². The Hall–Kier alpha value is -3.41. The Morgan fingerprint density at radius 1 is 1.34 bits per heavy atom. The minimum atomic E-state index is -4.89. The summed E-state index contributed by atoms with van der Waals surface area (Å²) < 4.78 is 46.7. The summed E-state index contributed by atoms with van der Waals surface area (Å²) in [4.78, 5) is 25.4. The second-order valence-corrected chi connectivity index (χ2v) is 6.30. The molecule has 29 heavy (non-hydrogen) atoms. The molecule has 3 aromatic heterocycles. The predicted molar refractivity (Wildman–Crippen MR) is 94.5 cm³/mol. The fourth-order valence-corrected chi connectivity index (χ4v) is 2.72. The van der Waals surface area contributed by atoms with Crippen LogP contribution in [0.5, 0.6) is 0 Å². The molecule has 3 aromatic rings. The Morgan fingerprint density at radius 2 is 2.10 bits per heavy atom. The molecule has 1 atom stereocenters. The van der Waals surface area contributed by atoms with Gasteiger partial charge in [-0.15, -0.1) is 0 Å². The quantitative estimate of drug-likeness (QED) is 0.639. The van der Waals surface area contributed by atoms with Crippen molar-refractivity contribution in [3.63, 3.8) is 0 Å². The number of H-pyrrole nitrogens is 1. The van der Waals surface area contributed by atoms with Crippen LogP contribution in [0, 0.1) is 0 Å². The summed E-state index contributed by atoms with van der Waals surface area (Å²) in [6.45, 7) is 0.0126. The standard InChI is InChI=1S/C17H17F3N6O3/c1-25(2)11(12-4-3-7-29-12)9-21-16(28)10-8-22-26(15(10)17(18,19)20)13-5-6-14(27)24-23-13/h3-8,11H,9H2,1-2H3,(H,21,28)(H,24,27)/t11-/m0/s1. The molecule has 2 N–H and O–H groups in total. The van der Waals surface area contributed by atoms with Gasteiger partial charge in [0.2, 0.25) is 0 Å². The van der Waals surface area contributed by atoms with Gasteiger partial charge in [0.25, 0.3) is 11.5 Å². The lowest BCUT2D eigenvalue weighted by molar-refractivity contribution is -0.143. The SMILES string of the molecule is CN(C)[C@@H](CNC(=O)c1cnn(-c2ccc(=O)[nH]n2)c1C(F)(F)F)c1ccco1. The van der Waals surface area contributed by atoms with Gasteiger partial charge in [0.15, 0.2) is 11.5 Å². The largest absolute Gasteiger partial charge is 0.468 e. The van der Waals surface area contributed by atoms with E-state index in [1.54, 1.807) is 31.1 Å². The average Bonchev–Trinajstić information content (AvgIpc) is 3.31. The Balaban J connectivity index is 1.89. The van der Waals surface area contributed by atoms with Crippen LogP contribution in [-0.4, -0.2) is 51.4 Å². The molecule has 0 aromatic carbocycles. The zero-order chi connectivity index (χ0) is 21.2. The van der Waals surface area contributed by atoms with E-state index in [0.29, 0.717) is 10.4 Å². The maximum atomic E-state index is 13.7. The normalized spacial score (nSPS) is 12.9. The molecule has 0 spiro atoms. The number of furan rings is 1. The van der Waals surface area contributed by atoms with Gasteiger partial charge in [0.1, 0.15) is 5.76 Å². The molecule has 0 saturated heterocycles. The lowest BCUT2D eigenvalue weighted by atomic mass is 10.2. The van der Waals surface area contributed by atoms with Gasteiger partial charge in [0, 0.05) is 12.6 Å². The summed E-state index contributed by atoms with van der Waals surface area (Å²) >= 11 is 0. The number of carbonyl (C=O) groups excluding carboxylic acids is 1. The van der Waals surface area contributed by atoms with Crippen LogP contribution >= 0.6 is 0 Å². The number of aromatic amines is 1. The number of halogens is 3. The van der Waals surface area contributed by atoms with E-state index in [1.807, 2.05) is 5.10 Å². The van der Waals surface area contributed by atoms with Gasteiger partial charge in [-0.1, -0.05) is 0 Å². The number of alkyl halides is 3. The minimum absolute atomic E-state index is 0.0126. The highest BCUT2D eigenvalue weighted by molar-refractivity contribution is 5.95. The zero-order valence-electron chi connectivity index (χ0n) is 15.4. The third-order valence-corrected chi connectivity index (χ3v) is 4.11. The van der Waals surface area contributed by atoms with Crippen LogP contribution in [0.15, 0.2) is 45.9 Å². The third kappa shape index (κ3) is 4.37. The van der Waals surface area contributed by atoms with Crippen LogP contribution in [-0.2, 0) is 6.18 Å². The highest BCUT2D eigenvalue weighted by Crippen LogP contribution is 2.33. The first-order valence-electron chi connectivity index (χ1n) is 8.38. The number of hydrogen-bond donors (Lipinski definition) is 2. The van der Waals surface area contributed by atoms with E-state index in [9.17, 15) is 22.8 Å². The van der Waals surface area contributed by atoms with Crippen LogP contribution in [0.3, 0.4) is 0 Å². The highest BCUT2D eigenvalue weighted by atomic mass is 19.4. The van der Waals surface area contributed by atoms with Crippen LogP contribution in [0.1, 0.15) is 27.9 Å². The average molecular weight is 410 g/mol. The van der Waals surface area contributed by atoms with E-state index in [2.05, 4.69) is 15.5 Å². The molecule has 9 nitrogen and oxygen atoms in total. The zero-order valence-corrected chi connectivity index (χ0v) is 15.4. The number of nitrogens with one attached hydrogen (secondary N) is 2. The molecular weight excluding hydrogens is 393 g/mol. The van der Waals surface area contributed by atoms with E-state index in [1.165, 1.54) is 6.26 Å². The van der Waals surface area contributed by atoms with Crippen molar-refractivity contribution < 1.29 is 22.4 Å². The maximum Gasteiger partial charge on any atom is 0.434 e. The fraction of sp³-hybridized carbons (Fsp3) is 0.294. The first-order chi connectivity index (χ1) is 13.7. The minimum Gasteiger partial charge on any atom is -0.468 e. The molecule has 154 valence electrons. The molecule has 0 bridgehead atoms. The summed E-state index contributed by atoms with van der Waals surface area (Å²) in [6, 6.07) is 5.09. The number of carbonyl (C=O) groups is 1. The molecule has 0 aliphatic carbocycles. The van der Waals surface area contributed by atoms with E-state index >= 15 is 0 Å². The Morgan fingerprint density at radius 3 is 2.66 bits per heavy atom. The number of hydrogen-bond acceptors (Lipinski definition) is 6. The molecule has 0 saturated carbocycles. The highest BCUT2D eigenvalue weighted by Gasteiger charge is 2.41. The van der Waals surface area contributed by atoms with Crippen LogP contribution in [0.2, 0.25) is 0 Å². The maximum absolute atomic E-state index is 13.7. The van der Waals surface area contributed by atoms with Crippen LogP contribution in [0.25, 0.3) is 5.82 Å². The second-order valence-electron chi connectivity index (χ2n) is 6.30. The van der Waals surface area contributed by atoms with Gasteiger partial charge in [-0.05, 0) is 32.3 Å². The lowest BCUT2D eigenvalue weighted by Crippen LogP contribution is -2.35. The second kappa shape index (κ2) is 7.91. The van der Waals surface area contributed by atoms with Crippen molar-refractivity contribution in [3.05, 3.63) is 64.1 Å². The third-order valence-electron chi connectivity index (χ3n) is 4.11. The number of rotatable bonds is 6. The summed E-state index contributed by atoms with van der Waals surface area (Å²) in [5, 5.41) is 11.7. The summed E-state index contributed by atoms with van der Waals surface area (Å²) in [7, 11) is 3.50. The van der Waals surface area contributed by atoms with Gasteiger partial charge in [-0.2, -0.15) is 23.4 Å². The van der Waals surface area contributed by atoms with Gasteiger partial charge in [0.05, 0.1) is 24.1 Å². The Labute approximate surface area is 162 Å². The smallest absolute Gasteiger partial charge is 0.434 e. The first kappa shape index (κ1) is 20.3. The van der Waals surface area contributed by atoms with Gasteiger partial charge < -0.3 is 9.73 Å². The van der Waals surface area contributed by atoms with Crippen molar-refractivity contribution in [1.29, 1.82) is 0 Å². The number of aromatic nitrogens is 4. The van der Waals surface area contributed by atoms with Crippen molar-refractivity contribution in [1.82, 2.24) is 30.2 Å². The molecule has 3 rings (SSSR count). The molecule has 0 unspecified atom stereocenters. The number of nitrogens with zero attached hydrogens (tertiary/aromatic N) is 4. The lowest BCUT2D eigenvalue weighted by Gasteiger charge is -2.22. The van der Waals surface area contributed by atoms with Gasteiger partial charge in [-0.3, -0.25) is 14.5 Å². The molecule has 0 aliphatic heterocycles. The Bertz CT molecular complexity index is 1020. The molecule has 0 fully saturated rings. The summed E-state index contributed by atoms with van der Waals surface area (Å²) in [5.41, 5.74) is -2.54. The molecule has 12 heteroatoms. The van der Waals surface area contributed by atoms with E-state index in [4.69, 9.17) is 4.42 Å². The van der Waals surface area contributed by atoms with Gasteiger partial charge >= 0.3 is 6.18 Å². The van der Waals surface area contributed by atoms with E-state index in [0.717, 1.165) is 18.3 Å². The van der Waals surface area contributed by atoms with Crippen molar-refractivity contribution >= 4 is 5.91 Å².